The van der Waals surface area contributed by atoms with E-state index < -0.39 is 12.0 Å². The van der Waals surface area contributed by atoms with Crippen molar-refractivity contribution < 1.29 is 9.90 Å². The van der Waals surface area contributed by atoms with E-state index in [-0.39, 0.29) is 11.8 Å². The molecule has 2 rings (SSSR count). The molecule has 2 aromatic rings. The van der Waals surface area contributed by atoms with E-state index in [1.165, 1.54) is 4.90 Å². The van der Waals surface area contributed by atoms with Gasteiger partial charge < -0.3 is 10.0 Å². The highest BCUT2D eigenvalue weighted by molar-refractivity contribution is 5.81. The maximum atomic E-state index is 12.9. The average Bonchev–Trinajstić information content (AvgIpc) is 2.66. The number of rotatable bonds is 7. The highest BCUT2D eigenvalue weighted by Crippen LogP contribution is 2.31. The first-order valence-corrected chi connectivity index (χ1v) is 8.76. The summed E-state index contributed by atoms with van der Waals surface area (Å²) in [5.74, 6) is -1.03. The van der Waals surface area contributed by atoms with Gasteiger partial charge in [-0.2, -0.15) is 0 Å². The van der Waals surface area contributed by atoms with Gasteiger partial charge in [0.2, 0.25) is 5.91 Å². The zero-order chi connectivity index (χ0) is 19.1. The fraction of sp³-hybridized carbons (Fsp3) is 0.261. The molecule has 3 atom stereocenters. The molecule has 0 bridgehead atoms. The van der Waals surface area contributed by atoms with Gasteiger partial charge >= 0.3 is 0 Å². The molecular weight excluding hydrogens is 322 g/mol. The minimum absolute atomic E-state index is 0.122. The molecule has 0 radical (unpaired) electrons. The van der Waals surface area contributed by atoms with Crippen molar-refractivity contribution in [2.24, 2.45) is 5.92 Å². The van der Waals surface area contributed by atoms with Crippen molar-refractivity contribution in [3.63, 3.8) is 0 Å². The molecule has 1 N–H and O–H groups in total. The summed E-state index contributed by atoms with van der Waals surface area (Å²) >= 11 is 0. The van der Waals surface area contributed by atoms with Crippen LogP contribution in [0.5, 0.6) is 0 Å². The summed E-state index contributed by atoms with van der Waals surface area (Å²) in [4.78, 5) is 14.4. The Morgan fingerprint density at radius 2 is 1.58 bits per heavy atom. The third-order valence-electron chi connectivity index (χ3n) is 4.57. The highest BCUT2D eigenvalue weighted by atomic mass is 16.3. The van der Waals surface area contributed by atoms with E-state index in [0.29, 0.717) is 0 Å². The van der Waals surface area contributed by atoms with Crippen LogP contribution in [0.25, 0.3) is 5.57 Å². The van der Waals surface area contributed by atoms with Crippen LogP contribution in [0.15, 0.2) is 79.4 Å². The molecule has 136 valence electrons. The topological polar surface area (TPSA) is 40.5 Å². The number of carbonyl (C=O) groups is 1. The van der Waals surface area contributed by atoms with Crippen molar-refractivity contribution in [3.8, 4) is 0 Å². The predicted molar refractivity (Wildman–Crippen MR) is 108 cm³/mol. The average molecular weight is 349 g/mol. The number of aliphatic hydroxyl groups excluding tert-OH is 1. The summed E-state index contributed by atoms with van der Waals surface area (Å²) in [7, 11) is 3.42. The monoisotopic (exact) mass is 349 g/mol. The number of allylic oxidation sites excluding steroid dienone is 2. The van der Waals surface area contributed by atoms with Crippen molar-refractivity contribution in [2.75, 3.05) is 14.1 Å². The SMILES string of the molecule is C=C[C@@H](c1ccccc1)[C@H](C(=O)N(C)C)[C@@H](O)/C=C(\C)c1ccccc1. The number of hydrogen-bond acceptors (Lipinski definition) is 2. The molecule has 0 aliphatic rings. The van der Waals surface area contributed by atoms with E-state index in [1.807, 2.05) is 67.6 Å². The molecule has 0 aliphatic carbocycles. The number of nitrogens with zero attached hydrogens (tertiary/aromatic N) is 1. The van der Waals surface area contributed by atoms with Crippen LogP contribution in [0.3, 0.4) is 0 Å². The second kappa shape index (κ2) is 9.16. The summed E-state index contributed by atoms with van der Waals surface area (Å²) in [6, 6.07) is 19.6. The Kier molecular flexibility index (Phi) is 6.93. The number of carbonyl (C=O) groups excluding carboxylic acids is 1. The predicted octanol–water partition coefficient (Wildman–Crippen LogP) is 4.13. The summed E-state index contributed by atoms with van der Waals surface area (Å²) in [5.41, 5.74) is 2.93. The molecule has 0 aromatic heterocycles. The fourth-order valence-electron chi connectivity index (χ4n) is 3.13. The molecule has 0 fully saturated rings. The van der Waals surface area contributed by atoms with E-state index in [2.05, 4.69) is 6.58 Å². The first-order chi connectivity index (χ1) is 12.5. The smallest absolute Gasteiger partial charge is 0.229 e. The van der Waals surface area contributed by atoms with Gasteiger partial charge in [0.15, 0.2) is 0 Å². The molecule has 1 amide bonds. The van der Waals surface area contributed by atoms with Gasteiger partial charge in [-0.1, -0.05) is 72.8 Å². The lowest BCUT2D eigenvalue weighted by molar-refractivity contribution is -0.136. The Morgan fingerprint density at radius 1 is 1.04 bits per heavy atom. The van der Waals surface area contributed by atoms with Gasteiger partial charge in [0.25, 0.3) is 0 Å². The molecule has 0 saturated heterocycles. The van der Waals surface area contributed by atoms with E-state index in [4.69, 9.17) is 0 Å². The van der Waals surface area contributed by atoms with Gasteiger partial charge in [0.05, 0.1) is 12.0 Å². The first-order valence-electron chi connectivity index (χ1n) is 8.76. The lowest BCUT2D eigenvalue weighted by Crippen LogP contribution is -2.39. The van der Waals surface area contributed by atoms with Crippen LogP contribution >= 0.6 is 0 Å². The van der Waals surface area contributed by atoms with E-state index in [1.54, 1.807) is 26.2 Å². The molecule has 0 spiro atoms. The first kappa shape index (κ1) is 19.7. The number of benzene rings is 2. The summed E-state index contributed by atoms with van der Waals surface area (Å²) in [6.07, 6.45) is 2.59. The molecular formula is C23H27NO2. The van der Waals surface area contributed by atoms with Crippen molar-refractivity contribution in [1.82, 2.24) is 4.90 Å². The van der Waals surface area contributed by atoms with E-state index in [9.17, 15) is 9.90 Å². The van der Waals surface area contributed by atoms with Crippen molar-refractivity contribution >= 4 is 11.5 Å². The largest absolute Gasteiger partial charge is 0.388 e. The van der Waals surface area contributed by atoms with Gasteiger partial charge in [-0.3, -0.25) is 4.79 Å². The Morgan fingerprint density at radius 3 is 2.08 bits per heavy atom. The van der Waals surface area contributed by atoms with Gasteiger partial charge in [-0.15, -0.1) is 6.58 Å². The van der Waals surface area contributed by atoms with Gasteiger partial charge in [0, 0.05) is 20.0 Å². The van der Waals surface area contributed by atoms with Crippen LogP contribution in [0.4, 0.5) is 0 Å². The number of hydrogen-bond donors (Lipinski definition) is 1. The molecule has 0 unspecified atom stereocenters. The number of amides is 1. The Hall–Kier alpha value is -2.65. The fourth-order valence-corrected chi connectivity index (χ4v) is 3.13. The van der Waals surface area contributed by atoms with Crippen LogP contribution < -0.4 is 0 Å². The summed E-state index contributed by atoms with van der Waals surface area (Å²) in [6.45, 7) is 5.86. The minimum Gasteiger partial charge on any atom is -0.388 e. The number of aliphatic hydroxyl groups is 1. The van der Waals surface area contributed by atoms with Crippen molar-refractivity contribution in [3.05, 3.63) is 90.5 Å². The Bertz CT molecular complexity index is 750. The normalized spacial score (nSPS) is 15.0. The van der Waals surface area contributed by atoms with Crippen molar-refractivity contribution in [2.45, 2.75) is 18.9 Å². The lowest BCUT2D eigenvalue weighted by Gasteiger charge is -2.29. The standard InChI is InChI=1S/C23H27NO2/c1-5-20(19-14-10-7-11-15-19)22(23(26)24(3)4)21(25)16-17(2)18-12-8-6-9-13-18/h5-16,20-22,25H,1H2,2-4H3/b17-16+/t20-,21-,22-/m0/s1. The lowest BCUT2D eigenvalue weighted by atomic mass is 9.80. The van der Waals surface area contributed by atoms with Crippen LogP contribution in [0.1, 0.15) is 24.0 Å². The van der Waals surface area contributed by atoms with E-state index in [0.717, 1.165) is 16.7 Å². The Balaban J connectivity index is 2.41. The molecule has 0 heterocycles. The molecule has 2 aromatic carbocycles. The summed E-state index contributed by atoms with van der Waals surface area (Å²) in [5, 5.41) is 11.0. The summed E-state index contributed by atoms with van der Waals surface area (Å²) < 4.78 is 0. The molecule has 0 aliphatic heterocycles. The van der Waals surface area contributed by atoms with Crippen LogP contribution in [0, 0.1) is 5.92 Å². The molecule has 26 heavy (non-hydrogen) atoms. The van der Waals surface area contributed by atoms with Crippen LogP contribution in [-0.4, -0.2) is 36.1 Å². The maximum absolute atomic E-state index is 12.9. The second-order valence-corrected chi connectivity index (χ2v) is 6.64. The maximum Gasteiger partial charge on any atom is 0.229 e. The Labute approximate surface area is 156 Å². The third kappa shape index (κ3) is 4.70. The molecule has 3 nitrogen and oxygen atoms in total. The van der Waals surface area contributed by atoms with Gasteiger partial charge in [-0.05, 0) is 23.6 Å². The molecule has 3 heteroatoms. The quantitative estimate of drug-likeness (QED) is 0.764. The van der Waals surface area contributed by atoms with E-state index >= 15 is 0 Å². The minimum atomic E-state index is -0.923. The highest BCUT2D eigenvalue weighted by Gasteiger charge is 2.34. The van der Waals surface area contributed by atoms with Gasteiger partial charge in [0.1, 0.15) is 0 Å². The molecule has 0 saturated carbocycles. The van der Waals surface area contributed by atoms with Crippen LogP contribution in [0.2, 0.25) is 0 Å². The van der Waals surface area contributed by atoms with Gasteiger partial charge in [-0.25, -0.2) is 0 Å². The van der Waals surface area contributed by atoms with Crippen LogP contribution in [-0.2, 0) is 4.79 Å². The van der Waals surface area contributed by atoms with Crippen molar-refractivity contribution in [1.29, 1.82) is 0 Å². The zero-order valence-corrected chi connectivity index (χ0v) is 15.7. The third-order valence-corrected chi connectivity index (χ3v) is 4.57. The zero-order valence-electron chi connectivity index (χ0n) is 15.7. The second-order valence-electron chi connectivity index (χ2n) is 6.64.